The van der Waals surface area contributed by atoms with Crippen molar-refractivity contribution in [2.24, 2.45) is 0 Å². The van der Waals surface area contributed by atoms with Gasteiger partial charge in [0.25, 0.3) is 5.69 Å². The van der Waals surface area contributed by atoms with Crippen LogP contribution in [-0.4, -0.2) is 24.2 Å². The third kappa shape index (κ3) is 5.65. The molecule has 3 aromatic rings. The summed E-state index contributed by atoms with van der Waals surface area (Å²) in [5, 5.41) is 25.7. The first kappa shape index (κ1) is 22.4. The molecular weight excluding hydrogens is 420 g/mol. The molecule has 0 aliphatic heterocycles. The Morgan fingerprint density at radius 1 is 0.968 bits per heavy atom. The fraction of sp³-hybridized carbons (Fsp3) is 0.217. The monoisotopic (exact) mass is 442 g/mol. The van der Waals surface area contributed by atoms with Gasteiger partial charge in [0, 0.05) is 29.3 Å². The normalized spacial score (nSPS) is 12.6. The van der Waals surface area contributed by atoms with Gasteiger partial charge in [0.2, 0.25) is 0 Å². The molecule has 0 fully saturated rings. The standard InChI is InChI=1S/C23H23ClN2O5/c1-30-22-12-5-16(13-23(22)31-2)20(14-21(27)15-3-6-17(24)7-4-15)25-18-8-10-19(11-9-18)26(28)29/h3-13,20-21,25,27H,14H2,1-2H3. The zero-order chi connectivity index (χ0) is 22.4. The highest BCUT2D eigenvalue weighted by atomic mass is 35.5. The van der Waals surface area contributed by atoms with Crippen molar-refractivity contribution in [2.75, 3.05) is 19.5 Å². The van der Waals surface area contributed by atoms with Crippen LogP contribution in [0.25, 0.3) is 0 Å². The minimum Gasteiger partial charge on any atom is -0.493 e. The van der Waals surface area contributed by atoms with Crippen LogP contribution in [0.2, 0.25) is 5.02 Å². The predicted octanol–water partition coefficient (Wildman–Crippen LogP) is 5.54. The van der Waals surface area contributed by atoms with Crippen molar-refractivity contribution in [2.45, 2.75) is 18.6 Å². The molecule has 0 spiro atoms. The molecule has 0 amide bonds. The zero-order valence-corrected chi connectivity index (χ0v) is 17.9. The molecule has 2 N–H and O–H groups in total. The highest BCUT2D eigenvalue weighted by Gasteiger charge is 2.20. The Kier molecular flexibility index (Phi) is 7.33. The van der Waals surface area contributed by atoms with Gasteiger partial charge < -0.3 is 19.9 Å². The second-order valence-electron chi connectivity index (χ2n) is 6.92. The highest BCUT2D eigenvalue weighted by molar-refractivity contribution is 6.30. The van der Waals surface area contributed by atoms with Crippen molar-refractivity contribution in [3.8, 4) is 11.5 Å². The number of anilines is 1. The van der Waals surface area contributed by atoms with Gasteiger partial charge in [-0.05, 0) is 47.5 Å². The van der Waals surface area contributed by atoms with Gasteiger partial charge in [-0.2, -0.15) is 0 Å². The van der Waals surface area contributed by atoms with Crippen molar-refractivity contribution in [3.05, 3.63) is 93.0 Å². The third-order valence-electron chi connectivity index (χ3n) is 4.94. The Morgan fingerprint density at radius 3 is 2.16 bits per heavy atom. The summed E-state index contributed by atoms with van der Waals surface area (Å²) >= 11 is 5.95. The first-order valence-electron chi connectivity index (χ1n) is 9.57. The number of aliphatic hydroxyl groups is 1. The molecule has 3 aromatic carbocycles. The molecule has 3 rings (SSSR count). The summed E-state index contributed by atoms with van der Waals surface area (Å²) < 4.78 is 10.7. The summed E-state index contributed by atoms with van der Waals surface area (Å²) in [7, 11) is 3.12. The summed E-state index contributed by atoms with van der Waals surface area (Å²) in [4.78, 5) is 10.5. The van der Waals surface area contributed by atoms with Gasteiger partial charge in [-0.15, -0.1) is 0 Å². The molecule has 2 atom stereocenters. The summed E-state index contributed by atoms with van der Waals surface area (Å²) in [5.41, 5.74) is 2.30. The number of hydrogen-bond acceptors (Lipinski definition) is 6. The van der Waals surface area contributed by atoms with Crippen LogP contribution in [0.4, 0.5) is 11.4 Å². The molecular formula is C23H23ClN2O5. The van der Waals surface area contributed by atoms with E-state index >= 15 is 0 Å². The van der Waals surface area contributed by atoms with Crippen LogP contribution in [-0.2, 0) is 0 Å². The van der Waals surface area contributed by atoms with Crippen molar-refractivity contribution in [3.63, 3.8) is 0 Å². The molecule has 0 heterocycles. The molecule has 0 saturated carbocycles. The van der Waals surface area contributed by atoms with Crippen LogP contribution in [0.1, 0.15) is 29.7 Å². The smallest absolute Gasteiger partial charge is 0.269 e. The highest BCUT2D eigenvalue weighted by Crippen LogP contribution is 2.35. The maximum absolute atomic E-state index is 10.9. The van der Waals surface area contributed by atoms with Crippen LogP contribution >= 0.6 is 11.6 Å². The van der Waals surface area contributed by atoms with Gasteiger partial charge in [0.15, 0.2) is 11.5 Å². The molecule has 31 heavy (non-hydrogen) atoms. The van der Waals surface area contributed by atoms with Crippen LogP contribution in [0, 0.1) is 10.1 Å². The number of nitro groups is 1. The fourth-order valence-corrected chi connectivity index (χ4v) is 3.40. The van der Waals surface area contributed by atoms with Gasteiger partial charge in [-0.3, -0.25) is 10.1 Å². The van der Waals surface area contributed by atoms with Crippen molar-refractivity contribution >= 4 is 23.0 Å². The van der Waals surface area contributed by atoms with E-state index in [2.05, 4.69) is 5.32 Å². The van der Waals surface area contributed by atoms with Gasteiger partial charge in [-0.1, -0.05) is 29.8 Å². The minimum atomic E-state index is -0.763. The maximum atomic E-state index is 10.9. The van der Waals surface area contributed by atoms with E-state index < -0.39 is 11.0 Å². The number of aliphatic hydroxyl groups excluding tert-OH is 1. The number of nitrogens with zero attached hydrogens (tertiary/aromatic N) is 1. The Balaban J connectivity index is 1.90. The topological polar surface area (TPSA) is 93.9 Å². The third-order valence-corrected chi connectivity index (χ3v) is 5.19. The zero-order valence-electron chi connectivity index (χ0n) is 17.1. The number of nitro benzene ring substituents is 1. The van der Waals surface area contributed by atoms with E-state index in [-0.39, 0.29) is 11.7 Å². The first-order valence-corrected chi connectivity index (χ1v) is 9.95. The number of methoxy groups -OCH3 is 2. The van der Waals surface area contributed by atoms with Crippen molar-refractivity contribution in [1.29, 1.82) is 0 Å². The molecule has 0 aromatic heterocycles. The quantitative estimate of drug-likeness (QED) is 0.333. The number of benzene rings is 3. The molecule has 0 saturated heterocycles. The van der Waals surface area contributed by atoms with Gasteiger partial charge in [0.1, 0.15) is 0 Å². The molecule has 0 bridgehead atoms. The SMILES string of the molecule is COc1ccc(C(CC(O)c2ccc(Cl)cc2)Nc2ccc([N+](=O)[O-])cc2)cc1OC. The Labute approximate surface area is 185 Å². The van der Waals surface area contributed by atoms with Crippen LogP contribution < -0.4 is 14.8 Å². The average molecular weight is 443 g/mol. The minimum absolute atomic E-state index is 0.00872. The van der Waals surface area contributed by atoms with E-state index in [1.807, 2.05) is 12.1 Å². The number of rotatable bonds is 9. The maximum Gasteiger partial charge on any atom is 0.269 e. The molecule has 7 nitrogen and oxygen atoms in total. The van der Waals surface area contributed by atoms with E-state index in [9.17, 15) is 15.2 Å². The lowest BCUT2D eigenvalue weighted by Gasteiger charge is -2.24. The van der Waals surface area contributed by atoms with Crippen LogP contribution in [0.5, 0.6) is 11.5 Å². The molecule has 2 unspecified atom stereocenters. The van der Waals surface area contributed by atoms with Crippen LogP contribution in [0.15, 0.2) is 66.7 Å². The lowest BCUT2D eigenvalue weighted by Crippen LogP contribution is -2.15. The fourth-order valence-electron chi connectivity index (χ4n) is 3.27. The van der Waals surface area contributed by atoms with Gasteiger partial charge >= 0.3 is 0 Å². The Hall–Kier alpha value is -3.29. The molecule has 0 aliphatic rings. The Bertz CT molecular complexity index is 1030. The second kappa shape index (κ2) is 10.1. The summed E-state index contributed by atoms with van der Waals surface area (Å²) in [6, 6.07) is 18.4. The number of ether oxygens (including phenoxy) is 2. The lowest BCUT2D eigenvalue weighted by atomic mass is 9.96. The van der Waals surface area contributed by atoms with Crippen molar-refractivity contribution in [1.82, 2.24) is 0 Å². The summed E-state index contributed by atoms with van der Waals surface area (Å²) in [5.74, 6) is 1.16. The van der Waals surface area contributed by atoms with E-state index in [1.165, 1.54) is 12.1 Å². The lowest BCUT2D eigenvalue weighted by molar-refractivity contribution is -0.384. The van der Waals surface area contributed by atoms with E-state index in [1.54, 1.807) is 56.7 Å². The number of hydrogen-bond donors (Lipinski definition) is 2. The van der Waals surface area contributed by atoms with Gasteiger partial charge in [0.05, 0.1) is 31.3 Å². The van der Waals surface area contributed by atoms with Crippen molar-refractivity contribution < 1.29 is 19.5 Å². The number of non-ortho nitro benzene ring substituents is 1. The molecule has 0 aliphatic carbocycles. The first-order chi connectivity index (χ1) is 14.9. The van der Waals surface area contributed by atoms with Gasteiger partial charge in [-0.25, -0.2) is 0 Å². The predicted molar refractivity (Wildman–Crippen MR) is 120 cm³/mol. The largest absolute Gasteiger partial charge is 0.493 e. The Morgan fingerprint density at radius 2 is 1.58 bits per heavy atom. The van der Waals surface area contributed by atoms with E-state index in [4.69, 9.17) is 21.1 Å². The number of nitrogens with one attached hydrogen (secondary N) is 1. The number of halogens is 1. The molecule has 162 valence electrons. The van der Waals surface area contributed by atoms with E-state index in [0.717, 1.165) is 11.1 Å². The average Bonchev–Trinajstić information content (AvgIpc) is 2.78. The van der Waals surface area contributed by atoms with E-state index in [0.29, 0.717) is 28.6 Å². The summed E-state index contributed by atoms with van der Waals surface area (Å²) in [6.07, 6.45) is -0.422. The summed E-state index contributed by atoms with van der Waals surface area (Å²) in [6.45, 7) is 0. The second-order valence-corrected chi connectivity index (χ2v) is 7.35. The molecule has 8 heteroatoms. The van der Waals surface area contributed by atoms with Crippen LogP contribution in [0.3, 0.4) is 0 Å². The molecule has 0 radical (unpaired) electrons.